The third-order valence-electron chi connectivity index (χ3n) is 2.50. The van der Waals surface area contributed by atoms with Gasteiger partial charge in [0.25, 0.3) is 5.91 Å². The SMILES string of the molecule is O=C(COc1ccccc1Br)Nc1ccc(F)c(F)c1F. The molecule has 2 rings (SSSR count). The molecule has 21 heavy (non-hydrogen) atoms. The molecule has 0 atom stereocenters. The maximum absolute atomic E-state index is 13.4. The quantitative estimate of drug-likeness (QED) is 0.841. The number of carbonyl (C=O) groups is 1. The van der Waals surface area contributed by atoms with E-state index in [2.05, 4.69) is 21.2 Å². The molecule has 2 aromatic carbocycles. The second-order valence-electron chi connectivity index (χ2n) is 3.99. The summed E-state index contributed by atoms with van der Waals surface area (Å²) in [7, 11) is 0. The molecule has 0 aliphatic rings. The largest absolute Gasteiger partial charge is 0.483 e. The Morgan fingerprint density at radius 1 is 1.10 bits per heavy atom. The zero-order valence-electron chi connectivity index (χ0n) is 10.5. The van der Waals surface area contributed by atoms with Gasteiger partial charge in [-0.05, 0) is 40.2 Å². The first kappa shape index (κ1) is 15.4. The summed E-state index contributed by atoms with van der Waals surface area (Å²) in [6.07, 6.45) is 0. The number of benzene rings is 2. The fraction of sp³-hybridized carbons (Fsp3) is 0.0714. The van der Waals surface area contributed by atoms with Gasteiger partial charge in [-0.3, -0.25) is 4.79 Å². The van der Waals surface area contributed by atoms with Crippen molar-refractivity contribution in [1.29, 1.82) is 0 Å². The Morgan fingerprint density at radius 2 is 1.81 bits per heavy atom. The molecule has 0 heterocycles. The van der Waals surface area contributed by atoms with Crippen LogP contribution in [0, 0.1) is 17.5 Å². The third kappa shape index (κ3) is 3.75. The van der Waals surface area contributed by atoms with Crippen LogP contribution in [-0.2, 0) is 4.79 Å². The van der Waals surface area contributed by atoms with E-state index in [4.69, 9.17) is 4.74 Å². The summed E-state index contributed by atoms with van der Waals surface area (Å²) in [6, 6.07) is 8.51. The summed E-state index contributed by atoms with van der Waals surface area (Å²) in [5, 5.41) is 2.11. The first-order valence-corrected chi connectivity index (χ1v) is 6.59. The minimum Gasteiger partial charge on any atom is -0.483 e. The second-order valence-corrected chi connectivity index (χ2v) is 4.84. The molecule has 3 nitrogen and oxygen atoms in total. The zero-order valence-corrected chi connectivity index (χ0v) is 12.1. The van der Waals surface area contributed by atoms with Crippen molar-refractivity contribution in [3.63, 3.8) is 0 Å². The highest BCUT2D eigenvalue weighted by atomic mass is 79.9. The van der Waals surface area contributed by atoms with Crippen molar-refractivity contribution < 1.29 is 22.7 Å². The highest BCUT2D eigenvalue weighted by Gasteiger charge is 2.15. The van der Waals surface area contributed by atoms with E-state index in [0.717, 1.165) is 12.1 Å². The molecule has 0 unspecified atom stereocenters. The molecule has 2 aromatic rings. The number of amides is 1. The van der Waals surface area contributed by atoms with E-state index < -0.39 is 35.7 Å². The van der Waals surface area contributed by atoms with Crippen LogP contribution in [0.25, 0.3) is 0 Å². The normalized spacial score (nSPS) is 10.3. The first-order chi connectivity index (χ1) is 9.99. The molecule has 1 N–H and O–H groups in total. The summed E-state index contributed by atoms with van der Waals surface area (Å²) in [5.41, 5.74) is -0.449. The van der Waals surface area contributed by atoms with E-state index in [9.17, 15) is 18.0 Å². The van der Waals surface area contributed by atoms with Crippen LogP contribution in [0.15, 0.2) is 40.9 Å². The van der Waals surface area contributed by atoms with Crippen LogP contribution in [-0.4, -0.2) is 12.5 Å². The van der Waals surface area contributed by atoms with Gasteiger partial charge in [-0.15, -0.1) is 0 Å². The number of para-hydroxylation sites is 1. The van der Waals surface area contributed by atoms with Gasteiger partial charge in [-0.25, -0.2) is 13.2 Å². The lowest BCUT2D eigenvalue weighted by atomic mass is 10.3. The molecular weight excluding hydrogens is 351 g/mol. The minimum atomic E-state index is -1.64. The number of carbonyl (C=O) groups excluding carboxylic acids is 1. The van der Waals surface area contributed by atoms with Crippen molar-refractivity contribution in [3.05, 3.63) is 58.3 Å². The molecule has 0 spiro atoms. The highest BCUT2D eigenvalue weighted by molar-refractivity contribution is 9.10. The monoisotopic (exact) mass is 359 g/mol. The van der Waals surface area contributed by atoms with Crippen LogP contribution in [0.5, 0.6) is 5.75 Å². The van der Waals surface area contributed by atoms with Crippen molar-refractivity contribution in [2.45, 2.75) is 0 Å². The van der Waals surface area contributed by atoms with Crippen LogP contribution < -0.4 is 10.1 Å². The summed E-state index contributed by atoms with van der Waals surface area (Å²) >= 11 is 3.23. The van der Waals surface area contributed by atoms with Crippen LogP contribution in [0.1, 0.15) is 0 Å². The third-order valence-corrected chi connectivity index (χ3v) is 3.16. The number of nitrogens with one attached hydrogen (secondary N) is 1. The molecular formula is C14H9BrF3NO2. The van der Waals surface area contributed by atoms with E-state index in [1.165, 1.54) is 0 Å². The van der Waals surface area contributed by atoms with Gasteiger partial charge in [0.2, 0.25) is 0 Å². The summed E-state index contributed by atoms with van der Waals surface area (Å²) in [5.74, 6) is -4.69. The number of halogens is 4. The minimum absolute atomic E-state index is 0.402. The van der Waals surface area contributed by atoms with Crippen LogP contribution in [0.3, 0.4) is 0 Å². The number of rotatable bonds is 4. The van der Waals surface area contributed by atoms with Crippen molar-refractivity contribution in [1.82, 2.24) is 0 Å². The molecule has 0 saturated heterocycles. The van der Waals surface area contributed by atoms with E-state index in [-0.39, 0.29) is 0 Å². The van der Waals surface area contributed by atoms with Gasteiger partial charge in [0.05, 0.1) is 10.2 Å². The zero-order chi connectivity index (χ0) is 15.4. The first-order valence-electron chi connectivity index (χ1n) is 5.79. The van der Waals surface area contributed by atoms with Crippen molar-refractivity contribution in [2.75, 3.05) is 11.9 Å². The van der Waals surface area contributed by atoms with Gasteiger partial charge in [0, 0.05) is 0 Å². The number of anilines is 1. The van der Waals surface area contributed by atoms with Gasteiger partial charge < -0.3 is 10.1 Å². The van der Waals surface area contributed by atoms with Gasteiger partial charge in [-0.1, -0.05) is 12.1 Å². The van der Waals surface area contributed by atoms with E-state index in [0.29, 0.717) is 10.2 Å². The van der Waals surface area contributed by atoms with Crippen LogP contribution in [0.2, 0.25) is 0 Å². The lowest BCUT2D eigenvalue weighted by Crippen LogP contribution is -2.21. The Labute approximate surface area is 126 Å². The predicted molar refractivity (Wildman–Crippen MR) is 74.6 cm³/mol. The van der Waals surface area contributed by atoms with Gasteiger partial charge >= 0.3 is 0 Å². The van der Waals surface area contributed by atoms with E-state index in [1.54, 1.807) is 24.3 Å². The van der Waals surface area contributed by atoms with Crippen LogP contribution in [0.4, 0.5) is 18.9 Å². The molecule has 7 heteroatoms. The fourth-order valence-corrected chi connectivity index (χ4v) is 1.91. The number of ether oxygens (including phenoxy) is 1. The molecule has 0 saturated carbocycles. The second kappa shape index (κ2) is 6.62. The Bertz CT molecular complexity index is 679. The average molecular weight is 360 g/mol. The maximum atomic E-state index is 13.4. The van der Waals surface area contributed by atoms with Gasteiger partial charge in [0.1, 0.15) is 5.75 Å². The van der Waals surface area contributed by atoms with Crippen LogP contribution >= 0.6 is 15.9 Å². The molecule has 0 radical (unpaired) electrons. The standard InChI is InChI=1S/C14H9BrF3NO2/c15-8-3-1-2-4-11(8)21-7-12(20)19-10-6-5-9(16)13(17)14(10)18/h1-6H,7H2,(H,19,20). The van der Waals surface area contributed by atoms with Crippen molar-refractivity contribution in [3.8, 4) is 5.75 Å². The summed E-state index contributed by atoms with van der Waals surface area (Å²) in [4.78, 5) is 11.6. The summed E-state index contributed by atoms with van der Waals surface area (Å²) in [6.45, 7) is -0.402. The maximum Gasteiger partial charge on any atom is 0.262 e. The number of hydrogen-bond acceptors (Lipinski definition) is 2. The molecule has 0 aromatic heterocycles. The molecule has 0 fully saturated rings. The Kier molecular flexibility index (Phi) is 4.85. The lowest BCUT2D eigenvalue weighted by Gasteiger charge is -2.09. The number of hydrogen-bond donors (Lipinski definition) is 1. The fourth-order valence-electron chi connectivity index (χ4n) is 1.51. The molecule has 0 aliphatic heterocycles. The Balaban J connectivity index is 2.00. The molecule has 110 valence electrons. The van der Waals surface area contributed by atoms with E-state index >= 15 is 0 Å². The van der Waals surface area contributed by atoms with Gasteiger partial charge in [-0.2, -0.15) is 0 Å². The molecule has 0 aliphatic carbocycles. The lowest BCUT2D eigenvalue weighted by molar-refractivity contribution is -0.118. The molecule has 0 bridgehead atoms. The topological polar surface area (TPSA) is 38.3 Å². The molecule has 1 amide bonds. The Hall–Kier alpha value is -2.02. The van der Waals surface area contributed by atoms with Crippen molar-refractivity contribution >= 4 is 27.5 Å². The predicted octanol–water partition coefficient (Wildman–Crippen LogP) is 3.88. The summed E-state index contributed by atoms with van der Waals surface area (Å²) < 4.78 is 45.0. The average Bonchev–Trinajstić information content (AvgIpc) is 2.47. The van der Waals surface area contributed by atoms with Gasteiger partial charge in [0.15, 0.2) is 24.1 Å². The highest BCUT2D eigenvalue weighted by Crippen LogP contribution is 2.24. The smallest absolute Gasteiger partial charge is 0.262 e. The van der Waals surface area contributed by atoms with E-state index in [1.807, 2.05) is 0 Å². The Morgan fingerprint density at radius 3 is 2.52 bits per heavy atom. The van der Waals surface area contributed by atoms with Crippen molar-refractivity contribution in [2.24, 2.45) is 0 Å².